The lowest BCUT2D eigenvalue weighted by atomic mass is 10.2. The molecule has 9 heteroatoms. The highest BCUT2D eigenvalue weighted by Crippen LogP contribution is 2.35. The zero-order chi connectivity index (χ0) is 22.2. The third-order valence-corrected chi connectivity index (χ3v) is 6.85. The first-order valence-electron chi connectivity index (χ1n) is 9.97. The van der Waals surface area contributed by atoms with Gasteiger partial charge < -0.3 is 10.5 Å². The SMILES string of the molecule is CCN1N=C(SCc2ccccc2)SC1N(C(=O)OCc1ccccc1)C(=O)[C@H](C)N. The Bertz CT molecular complexity index is 909. The number of hydrogen-bond donors (Lipinski definition) is 1. The van der Waals surface area contributed by atoms with Gasteiger partial charge in [-0.15, -0.1) is 0 Å². The molecule has 31 heavy (non-hydrogen) atoms. The lowest BCUT2D eigenvalue weighted by Crippen LogP contribution is -2.53. The fourth-order valence-corrected chi connectivity index (χ4v) is 5.12. The Hall–Kier alpha value is -2.49. The van der Waals surface area contributed by atoms with E-state index in [1.807, 2.05) is 55.5 Å². The fourth-order valence-electron chi connectivity index (χ4n) is 2.82. The topological polar surface area (TPSA) is 88.2 Å². The molecule has 2 N–H and O–H groups in total. The van der Waals surface area contributed by atoms with Gasteiger partial charge >= 0.3 is 6.09 Å². The summed E-state index contributed by atoms with van der Waals surface area (Å²) in [6.07, 6.45) is -0.730. The summed E-state index contributed by atoms with van der Waals surface area (Å²) in [5.41, 5.74) is 7.22. The first kappa shape index (κ1) is 23.2. The van der Waals surface area contributed by atoms with Crippen LogP contribution in [-0.2, 0) is 21.9 Å². The average molecular weight is 459 g/mol. The van der Waals surface area contributed by atoms with Crippen LogP contribution < -0.4 is 5.73 Å². The summed E-state index contributed by atoms with van der Waals surface area (Å²) in [6.45, 7) is 4.08. The van der Waals surface area contributed by atoms with Gasteiger partial charge in [-0.05, 0) is 36.7 Å². The molecule has 0 aliphatic carbocycles. The zero-order valence-corrected chi connectivity index (χ0v) is 19.1. The van der Waals surface area contributed by atoms with E-state index >= 15 is 0 Å². The van der Waals surface area contributed by atoms with Gasteiger partial charge in [0.2, 0.25) is 0 Å². The number of benzene rings is 2. The number of rotatable bonds is 7. The molecule has 1 aliphatic rings. The van der Waals surface area contributed by atoms with Gasteiger partial charge in [0.15, 0.2) is 9.87 Å². The van der Waals surface area contributed by atoms with Gasteiger partial charge in [0.05, 0.1) is 6.04 Å². The molecule has 0 radical (unpaired) electrons. The third kappa shape index (κ3) is 6.25. The Morgan fingerprint density at radius 1 is 1.16 bits per heavy atom. The first-order valence-corrected chi connectivity index (χ1v) is 11.8. The van der Waals surface area contributed by atoms with Crippen molar-refractivity contribution in [3.63, 3.8) is 0 Å². The van der Waals surface area contributed by atoms with E-state index in [4.69, 9.17) is 10.5 Å². The number of nitrogens with zero attached hydrogens (tertiary/aromatic N) is 3. The summed E-state index contributed by atoms with van der Waals surface area (Å²) < 4.78 is 6.23. The lowest BCUT2D eigenvalue weighted by Gasteiger charge is -2.31. The molecular weight excluding hydrogens is 432 g/mol. The van der Waals surface area contributed by atoms with E-state index in [1.165, 1.54) is 17.3 Å². The number of ether oxygens (including phenoxy) is 1. The van der Waals surface area contributed by atoms with E-state index in [9.17, 15) is 9.59 Å². The van der Waals surface area contributed by atoms with Crippen LogP contribution in [0, 0.1) is 0 Å². The van der Waals surface area contributed by atoms with Crippen molar-refractivity contribution in [3.05, 3.63) is 71.8 Å². The summed E-state index contributed by atoms with van der Waals surface area (Å²) in [5, 5.41) is 6.31. The zero-order valence-electron chi connectivity index (χ0n) is 17.5. The molecule has 2 atom stereocenters. The summed E-state index contributed by atoms with van der Waals surface area (Å²) in [6, 6.07) is 18.5. The van der Waals surface area contributed by atoms with E-state index in [2.05, 4.69) is 17.2 Å². The number of imide groups is 1. The standard InChI is InChI=1S/C22H26N4O3S2/c1-3-25-21(31-20(24-25)30-15-18-12-8-5-9-13-18)26(19(27)16(2)23)22(28)29-14-17-10-6-4-7-11-17/h4-13,16,21H,3,14-15,23H2,1-2H3/t16-,21?/m0/s1. The lowest BCUT2D eigenvalue weighted by molar-refractivity contribution is -0.133. The molecule has 2 amide bonds. The van der Waals surface area contributed by atoms with Crippen molar-refractivity contribution in [3.8, 4) is 0 Å². The van der Waals surface area contributed by atoms with Crippen LogP contribution in [0.4, 0.5) is 4.79 Å². The van der Waals surface area contributed by atoms with E-state index < -0.39 is 23.5 Å². The number of thioether (sulfide) groups is 2. The highest BCUT2D eigenvalue weighted by molar-refractivity contribution is 8.39. The smallest absolute Gasteiger partial charge is 0.419 e. The fraction of sp³-hybridized carbons (Fsp3) is 0.318. The Labute approximate surface area is 191 Å². The van der Waals surface area contributed by atoms with Gasteiger partial charge in [-0.2, -0.15) is 5.10 Å². The van der Waals surface area contributed by atoms with Crippen molar-refractivity contribution in [2.45, 2.75) is 37.7 Å². The Morgan fingerprint density at radius 2 is 1.77 bits per heavy atom. The van der Waals surface area contributed by atoms with Crippen molar-refractivity contribution in [1.29, 1.82) is 0 Å². The molecule has 2 aromatic carbocycles. The van der Waals surface area contributed by atoms with Crippen LogP contribution in [-0.4, -0.2) is 44.4 Å². The second kappa shape index (κ2) is 11.2. The molecule has 0 saturated carbocycles. The molecule has 1 heterocycles. The van der Waals surface area contributed by atoms with Crippen LogP contribution in [0.1, 0.15) is 25.0 Å². The van der Waals surface area contributed by atoms with E-state index in [0.717, 1.165) is 20.6 Å². The highest BCUT2D eigenvalue weighted by atomic mass is 32.2. The predicted molar refractivity (Wildman–Crippen MR) is 126 cm³/mol. The molecule has 2 aromatic rings. The predicted octanol–water partition coefficient (Wildman–Crippen LogP) is 4.06. The number of nitrogens with two attached hydrogens (primary N) is 1. The van der Waals surface area contributed by atoms with Gasteiger partial charge in [-0.3, -0.25) is 9.80 Å². The van der Waals surface area contributed by atoms with Crippen LogP contribution in [0.3, 0.4) is 0 Å². The van der Waals surface area contributed by atoms with Crippen molar-refractivity contribution in [2.24, 2.45) is 10.8 Å². The number of carbonyl (C=O) groups is 2. The van der Waals surface area contributed by atoms with Crippen molar-refractivity contribution < 1.29 is 14.3 Å². The average Bonchev–Trinajstić information content (AvgIpc) is 3.20. The normalized spacial score (nSPS) is 16.5. The summed E-state index contributed by atoms with van der Waals surface area (Å²) in [5.74, 6) is 0.245. The summed E-state index contributed by atoms with van der Waals surface area (Å²) >= 11 is 2.92. The maximum absolute atomic E-state index is 12.9. The van der Waals surface area contributed by atoms with E-state index in [0.29, 0.717) is 6.54 Å². The van der Waals surface area contributed by atoms with E-state index in [1.54, 1.807) is 23.7 Å². The molecule has 0 bridgehead atoms. The van der Waals surface area contributed by atoms with Gasteiger partial charge in [0, 0.05) is 12.3 Å². The molecule has 1 unspecified atom stereocenters. The second-order valence-corrected chi connectivity index (χ2v) is 9.14. The Morgan fingerprint density at radius 3 is 2.35 bits per heavy atom. The van der Waals surface area contributed by atoms with Gasteiger partial charge in [0.1, 0.15) is 6.61 Å². The number of hydrogen-bond acceptors (Lipinski definition) is 8. The molecule has 0 aromatic heterocycles. The highest BCUT2D eigenvalue weighted by Gasteiger charge is 2.40. The number of amides is 2. The quantitative estimate of drug-likeness (QED) is 0.669. The minimum Gasteiger partial charge on any atom is -0.444 e. The first-order chi connectivity index (χ1) is 15.0. The van der Waals surface area contributed by atoms with Crippen LogP contribution in [0.25, 0.3) is 0 Å². The third-order valence-electron chi connectivity index (χ3n) is 4.45. The number of carbonyl (C=O) groups excluding carboxylic acids is 2. The van der Waals surface area contributed by atoms with Crippen molar-refractivity contribution in [2.75, 3.05) is 6.54 Å². The van der Waals surface area contributed by atoms with Crippen LogP contribution in [0.2, 0.25) is 0 Å². The maximum Gasteiger partial charge on any atom is 0.419 e. The molecule has 0 saturated heterocycles. The molecule has 3 rings (SSSR count). The summed E-state index contributed by atoms with van der Waals surface area (Å²) in [7, 11) is 0. The minimum atomic E-state index is -0.843. The molecule has 7 nitrogen and oxygen atoms in total. The maximum atomic E-state index is 12.9. The van der Waals surface area contributed by atoms with Crippen LogP contribution in [0.15, 0.2) is 65.8 Å². The van der Waals surface area contributed by atoms with Crippen molar-refractivity contribution >= 4 is 39.9 Å². The molecule has 0 spiro atoms. The second-order valence-electron chi connectivity index (χ2n) is 6.88. The monoisotopic (exact) mass is 458 g/mol. The molecular formula is C22H26N4O3S2. The number of hydrazone groups is 1. The Balaban J connectivity index is 1.70. The Kier molecular flexibility index (Phi) is 8.39. The van der Waals surface area contributed by atoms with Gasteiger partial charge in [-0.25, -0.2) is 9.69 Å². The van der Waals surface area contributed by atoms with Crippen LogP contribution in [0.5, 0.6) is 0 Å². The minimum absolute atomic E-state index is 0.0718. The van der Waals surface area contributed by atoms with Crippen molar-refractivity contribution in [1.82, 2.24) is 9.91 Å². The van der Waals surface area contributed by atoms with Gasteiger partial charge in [0.25, 0.3) is 5.91 Å². The largest absolute Gasteiger partial charge is 0.444 e. The molecule has 0 fully saturated rings. The van der Waals surface area contributed by atoms with Crippen LogP contribution >= 0.6 is 23.5 Å². The van der Waals surface area contributed by atoms with Gasteiger partial charge in [-0.1, -0.05) is 72.4 Å². The summed E-state index contributed by atoms with van der Waals surface area (Å²) in [4.78, 5) is 26.8. The molecule has 1 aliphatic heterocycles. The van der Waals surface area contributed by atoms with E-state index in [-0.39, 0.29) is 6.61 Å². The molecule has 164 valence electrons.